The molecule has 0 atom stereocenters. The third-order valence-electron chi connectivity index (χ3n) is 5.10. The molecule has 0 unspecified atom stereocenters. The number of hydrogen-bond donors (Lipinski definition) is 0. The summed E-state index contributed by atoms with van der Waals surface area (Å²) in [6, 6.07) is 21.3. The molecular formula is C25H26ClN3O4S2. The number of fused-ring (bicyclic) bond motifs is 1. The van der Waals surface area contributed by atoms with Gasteiger partial charge in [-0.1, -0.05) is 29.5 Å². The SMILES string of the molecule is CN(C)CCN(C(=O)c1ccc(Oc2ccccc2)cc1)c1nc2ccc(S(C)(=O)=O)cc2s1.Cl. The molecule has 0 N–H and O–H groups in total. The van der Waals surface area contributed by atoms with Crippen LogP contribution in [0, 0.1) is 0 Å². The largest absolute Gasteiger partial charge is 0.457 e. The highest BCUT2D eigenvalue weighted by Crippen LogP contribution is 2.32. The van der Waals surface area contributed by atoms with E-state index in [9.17, 15) is 13.2 Å². The Labute approximate surface area is 215 Å². The van der Waals surface area contributed by atoms with E-state index in [0.717, 1.165) is 5.75 Å². The molecule has 3 aromatic carbocycles. The molecule has 0 saturated carbocycles. The Morgan fingerprint density at radius 2 is 1.60 bits per heavy atom. The molecule has 7 nitrogen and oxygen atoms in total. The number of ether oxygens (including phenoxy) is 1. The van der Waals surface area contributed by atoms with Crippen molar-refractivity contribution in [1.82, 2.24) is 9.88 Å². The van der Waals surface area contributed by atoms with Gasteiger partial charge in [-0.05, 0) is 68.7 Å². The molecule has 0 saturated heterocycles. The van der Waals surface area contributed by atoms with Crippen molar-refractivity contribution in [1.29, 1.82) is 0 Å². The molecule has 4 rings (SSSR count). The Kier molecular flexibility index (Phi) is 8.50. The molecule has 10 heteroatoms. The van der Waals surface area contributed by atoms with Gasteiger partial charge in [-0.25, -0.2) is 13.4 Å². The van der Waals surface area contributed by atoms with Gasteiger partial charge in [0.2, 0.25) is 0 Å². The number of benzene rings is 3. The summed E-state index contributed by atoms with van der Waals surface area (Å²) in [6.07, 6.45) is 1.17. The lowest BCUT2D eigenvalue weighted by Crippen LogP contribution is -2.36. The summed E-state index contributed by atoms with van der Waals surface area (Å²) in [4.78, 5) is 21.9. The van der Waals surface area contributed by atoms with Crippen LogP contribution in [0.15, 0.2) is 77.7 Å². The number of amides is 1. The summed E-state index contributed by atoms with van der Waals surface area (Å²) in [6.45, 7) is 1.08. The van der Waals surface area contributed by atoms with Gasteiger partial charge in [0.25, 0.3) is 5.91 Å². The number of carbonyl (C=O) groups is 1. The summed E-state index contributed by atoms with van der Waals surface area (Å²) in [7, 11) is 0.546. The van der Waals surface area contributed by atoms with E-state index in [0.29, 0.717) is 39.8 Å². The predicted molar refractivity (Wildman–Crippen MR) is 143 cm³/mol. The zero-order valence-electron chi connectivity index (χ0n) is 19.5. The van der Waals surface area contributed by atoms with Gasteiger partial charge in [0.1, 0.15) is 11.5 Å². The molecule has 1 heterocycles. The minimum atomic E-state index is -3.33. The van der Waals surface area contributed by atoms with E-state index >= 15 is 0 Å². The van der Waals surface area contributed by atoms with E-state index in [1.807, 2.05) is 49.3 Å². The van der Waals surface area contributed by atoms with Gasteiger partial charge in [-0.3, -0.25) is 9.69 Å². The van der Waals surface area contributed by atoms with Crippen LogP contribution in [0.4, 0.5) is 5.13 Å². The van der Waals surface area contributed by atoms with Gasteiger partial charge >= 0.3 is 0 Å². The third-order valence-corrected chi connectivity index (χ3v) is 7.26. The lowest BCUT2D eigenvalue weighted by molar-refractivity contribution is 0.0985. The van der Waals surface area contributed by atoms with Gasteiger partial charge < -0.3 is 9.64 Å². The third kappa shape index (κ3) is 6.58. The van der Waals surface area contributed by atoms with Crippen LogP contribution < -0.4 is 9.64 Å². The molecule has 0 bridgehead atoms. The predicted octanol–water partition coefficient (Wildman–Crippen LogP) is 5.12. The number of thiazole rings is 1. The van der Waals surface area contributed by atoms with Crippen molar-refractivity contribution >= 4 is 54.8 Å². The number of rotatable bonds is 8. The number of aromatic nitrogens is 1. The van der Waals surface area contributed by atoms with E-state index in [2.05, 4.69) is 4.98 Å². The molecule has 0 fully saturated rings. The Morgan fingerprint density at radius 1 is 0.943 bits per heavy atom. The van der Waals surface area contributed by atoms with Crippen molar-refractivity contribution in [2.75, 3.05) is 38.3 Å². The minimum Gasteiger partial charge on any atom is -0.457 e. The van der Waals surface area contributed by atoms with Gasteiger partial charge in [0.05, 0.1) is 15.1 Å². The zero-order chi connectivity index (χ0) is 24.3. The number of anilines is 1. The van der Waals surface area contributed by atoms with Crippen molar-refractivity contribution in [3.8, 4) is 11.5 Å². The fourth-order valence-corrected chi connectivity index (χ4v) is 5.02. The Bertz CT molecular complexity index is 1410. The van der Waals surface area contributed by atoms with E-state index in [4.69, 9.17) is 4.74 Å². The van der Waals surface area contributed by atoms with E-state index < -0.39 is 9.84 Å². The first-order valence-electron chi connectivity index (χ1n) is 10.6. The van der Waals surface area contributed by atoms with Crippen LogP contribution in [0.1, 0.15) is 10.4 Å². The maximum atomic E-state index is 13.5. The Balaban J connectivity index is 0.00000342. The maximum absolute atomic E-state index is 13.5. The number of carbonyl (C=O) groups excluding carboxylic acids is 1. The molecule has 0 aliphatic carbocycles. The van der Waals surface area contributed by atoms with Gasteiger partial charge in [-0.2, -0.15) is 0 Å². The Hall–Kier alpha value is -2.98. The highest BCUT2D eigenvalue weighted by Gasteiger charge is 2.22. The normalized spacial score (nSPS) is 11.3. The molecule has 184 valence electrons. The average molecular weight is 532 g/mol. The van der Waals surface area contributed by atoms with Crippen LogP contribution in [0.25, 0.3) is 10.2 Å². The lowest BCUT2D eigenvalue weighted by Gasteiger charge is -2.22. The number of nitrogens with zero attached hydrogens (tertiary/aromatic N) is 3. The topological polar surface area (TPSA) is 79.8 Å². The first kappa shape index (κ1) is 26.6. The van der Waals surface area contributed by atoms with Gasteiger partial charge in [0, 0.05) is 24.9 Å². The standard InChI is InChI=1S/C25H25N3O4S2.ClH/c1-27(2)15-16-28(25-26-22-14-13-21(34(3,30)31)17-23(22)33-25)24(29)18-9-11-20(12-10-18)32-19-7-5-4-6-8-19;/h4-14,17H,15-16H2,1-3H3;1H. The molecule has 0 radical (unpaired) electrons. The summed E-state index contributed by atoms with van der Waals surface area (Å²) >= 11 is 1.30. The number of para-hydroxylation sites is 1. The Morgan fingerprint density at radius 3 is 2.23 bits per heavy atom. The van der Waals surface area contributed by atoms with Crippen molar-refractivity contribution in [2.45, 2.75) is 4.90 Å². The highest BCUT2D eigenvalue weighted by atomic mass is 35.5. The first-order chi connectivity index (χ1) is 16.2. The summed E-state index contributed by atoms with van der Waals surface area (Å²) in [5.41, 5.74) is 1.16. The fourth-order valence-electron chi connectivity index (χ4n) is 3.27. The second kappa shape index (κ2) is 11.2. The minimum absolute atomic E-state index is 0. The first-order valence-corrected chi connectivity index (χ1v) is 13.3. The van der Waals surface area contributed by atoms with Crippen LogP contribution in [0.3, 0.4) is 0 Å². The van der Waals surface area contributed by atoms with E-state index in [-0.39, 0.29) is 23.2 Å². The summed E-state index contributed by atoms with van der Waals surface area (Å²) in [5, 5.41) is 0.525. The van der Waals surface area contributed by atoms with Crippen molar-refractivity contribution in [2.24, 2.45) is 0 Å². The second-order valence-electron chi connectivity index (χ2n) is 8.10. The smallest absolute Gasteiger partial charge is 0.260 e. The lowest BCUT2D eigenvalue weighted by atomic mass is 10.2. The quantitative estimate of drug-likeness (QED) is 0.314. The summed E-state index contributed by atoms with van der Waals surface area (Å²) < 4.78 is 30.4. The van der Waals surface area contributed by atoms with Gasteiger partial charge in [0.15, 0.2) is 15.0 Å². The number of sulfone groups is 1. The highest BCUT2D eigenvalue weighted by molar-refractivity contribution is 7.90. The van der Waals surface area contributed by atoms with Gasteiger partial charge in [-0.15, -0.1) is 12.4 Å². The molecule has 0 aliphatic heterocycles. The fraction of sp³-hybridized carbons (Fsp3) is 0.200. The molecule has 1 aromatic heterocycles. The molecule has 35 heavy (non-hydrogen) atoms. The molecule has 0 aliphatic rings. The number of halogens is 1. The van der Waals surface area contributed by atoms with Crippen LogP contribution in [0.5, 0.6) is 11.5 Å². The van der Waals surface area contributed by atoms with Crippen LogP contribution >= 0.6 is 23.7 Å². The molecule has 0 spiro atoms. The number of likely N-dealkylation sites (N-methyl/N-ethyl adjacent to an activating group) is 1. The van der Waals surface area contributed by atoms with Crippen molar-refractivity contribution in [3.63, 3.8) is 0 Å². The number of hydrogen-bond acceptors (Lipinski definition) is 7. The maximum Gasteiger partial charge on any atom is 0.260 e. The van der Waals surface area contributed by atoms with Crippen LogP contribution in [0.2, 0.25) is 0 Å². The van der Waals surface area contributed by atoms with Crippen molar-refractivity contribution in [3.05, 3.63) is 78.4 Å². The van der Waals surface area contributed by atoms with E-state index in [1.165, 1.54) is 17.6 Å². The van der Waals surface area contributed by atoms with Crippen LogP contribution in [-0.2, 0) is 9.84 Å². The van der Waals surface area contributed by atoms with Crippen molar-refractivity contribution < 1.29 is 17.9 Å². The monoisotopic (exact) mass is 531 g/mol. The second-order valence-corrected chi connectivity index (χ2v) is 11.1. The molecule has 4 aromatic rings. The molecule has 1 amide bonds. The molecular weight excluding hydrogens is 506 g/mol. The zero-order valence-corrected chi connectivity index (χ0v) is 22.0. The average Bonchev–Trinajstić information content (AvgIpc) is 3.22. The van der Waals surface area contributed by atoms with E-state index in [1.54, 1.807) is 47.4 Å². The van der Waals surface area contributed by atoms with Crippen LogP contribution in [-0.4, -0.2) is 57.6 Å². The summed E-state index contributed by atoms with van der Waals surface area (Å²) in [5.74, 6) is 1.17.